The molecule has 3 aromatic rings. The zero-order valence-electron chi connectivity index (χ0n) is 11.8. The highest BCUT2D eigenvalue weighted by Crippen LogP contribution is 2.17. The van der Waals surface area contributed by atoms with Gasteiger partial charge in [-0.15, -0.1) is 0 Å². The van der Waals surface area contributed by atoms with E-state index in [9.17, 15) is 4.39 Å². The van der Waals surface area contributed by atoms with Crippen molar-refractivity contribution in [3.05, 3.63) is 77.9 Å². The smallest absolute Gasteiger partial charge is 0.208 e. The first-order valence-electron chi connectivity index (χ1n) is 6.83. The van der Waals surface area contributed by atoms with E-state index in [1.54, 1.807) is 12.1 Å². The number of nitrogens with one attached hydrogen (secondary N) is 1. The van der Waals surface area contributed by atoms with Crippen molar-refractivity contribution in [2.24, 2.45) is 0 Å². The molecule has 0 saturated heterocycles. The van der Waals surface area contributed by atoms with Gasteiger partial charge in [-0.3, -0.25) is 4.57 Å². The fourth-order valence-corrected chi connectivity index (χ4v) is 2.22. The lowest BCUT2D eigenvalue weighted by molar-refractivity contribution is 0.612. The van der Waals surface area contributed by atoms with Crippen LogP contribution in [0.1, 0.15) is 11.3 Å². The zero-order valence-corrected chi connectivity index (χ0v) is 11.8. The number of hydrogen-bond acceptors (Lipinski definition) is 2. The quantitative estimate of drug-likeness (QED) is 0.785. The second-order valence-electron chi connectivity index (χ2n) is 4.86. The molecule has 21 heavy (non-hydrogen) atoms. The van der Waals surface area contributed by atoms with Crippen molar-refractivity contribution in [3.8, 4) is 5.69 Å². The standard InChI is InChI=1S/C17H16FN3/c1-13-12-21(15-8-3-2-4-9-15)17(20-13)19-11-14-7-5-6-10-16(14)18/h2-10,12H,11H2,1H3,(H,19,20). The lowest BCUT2D eigenvalue weighted by Crippen LogP contribution is -2.07. The third-order valence-electron chi connectivity index (χ3n) is 3.26. The summed E-state index contributed by atoms with van der Waals surface area (Å²) < 4.78 is 15.6. The molecule has 0 radical (unpaired) electrons. The first-order chi connectivity index (χ1) is 10.2. The minimum absolute atomic E-state index is 0.209. The molecule has 0 bridgehead atoms. The molecule has 0 atom stereocenters. The van der Waals surface area contributed by atoms with Gasteiger partial charge in [-0.05, 0) is 25.1 Å². The lowest BCUT2D eigenvalue weighted by Gasteiger charge is -2.10. The van der Waals surface area contributed by atoms with Gasteiger partial charge in [-0.25, -0.2) is 9.37 Å². The average Bonchev–Trinajstić information content (AvgIpc) is 2.88. The SMILES string of the molecule is Cc1cn(-c2ccccc2)c(NCc2ccccc2F)n1. The maximum atomic E-state index is 13.7. The van der Waals surface area contributed by atoms with Crippen LogP contribution in [0.2, 0.25) is 0 Å². The topological polar surface area (TPSA) is 29.9 Å². The molecular weight excluding hydrogens is 265 g/mol. The molecule has 3 rings (SSSR count). The fourth-order valence-electron chi connectivity index (χ4n) is 2.22. The van der Waals surface area contributed by atoms with E-state index in [4.69, 9.17) is 0 Å². The van der Waals surface area contributed by atoms with Gasteiger partial charge in [0.25, 0.3) is 0 Å². The van der Waals surface area contributed by atoms with Crippen LogP contribution in [0.5, 0.6) is 0 Å². The van der Waals surface area contributed by atoms with Gasteiger partial charge in [0.05, 0.1) is 5.69 Å². The van der Waals surface area contributed by atoms with E-state index >= 15 is 0 Å². The van der Waals surface area contributed by atoms with Crippen molar-refractivity contribution < 1.29 is 4.39 Å². The highest BCUT2D eigenvalue weighted by atomic mass is 19.1. The Morgan fingerprint density at radius 3 is 2.52 bits per heavy atom. The maximum Gasteiger partial charge on any atom is 0.208 e. The number of imidazole rings is 1. The summed E-state index contributed by atoms with van der Waals surface area (Å²) in [4.78, 5) is 4.46. The Labute approximate surface area is 123 Å². The molecule has 0 aliphatic carbocycles. The number of rotatable bonds is 4. The average molecular weight is 281 g/mol. The minimum atomic E-state index is -0.209. The highest BCUT2D eigenvalue weighted by Gasteiger charge is 2.08. The number of aryl methyl sites for hydroxylation is 1. The first-order valence-corrected chi connectivity index (χ1v) is 6.83. The molecule has 106 valence electrons. The first kappa shape index (κ1) is 13.4. The molecule has 0 saturated carbocycles. The molecule has 1 heterocycles. The molecule has 0 unspecified atom stereocenters. The molecule has 1 N–H and O–H groups in total. The number of nitrogens with zero attached hydrogens (tertiary/aromatic N) is 2. The highest BCUT2D eigenvalue weighted by molar-refractivity contribution is 5.43. The Kier molecular flexibility index (Phi) is 3.69. The van der Waals surface area contributed by atoms with Crippen molar-refractivity contribution >= 4 is 5.95 Å². The normalized spacial score (nSPS) is 10.6. The Balaban J connectivity index is 1.85. The largest absolute Gasteiger partial charge is 0.351 e. The van der Waals surface area contributed by atoms with Gasteiger partial charge >= 0.3 is 0 Å². The number of aromatic nitrogens is 2. The molecule has 0 spiro atoms. The number of halogens is 1. The molecule has 0 aliphatic rings. The summed E-state index contributed by atoms with van der Waals surface area (Å²) in [6, 6.07) is 16.7. The van der Waals surface area contributed by atoms with E-state index in [1.807, 2.05) is 54.1 Å². The van der Waals surface area contributed by atoms with Gasteiger partial charge in [0.15, 0.2) is 0 Å². The summed E-state index contributed by atoms with van der Waals surface area (Å²) in [6.45, 7) is 2.34. The molecular formula is C17H16FN3. The van der Waals surface area contributed by atoms with Crippen LogP contribution in [0.15, 0.2) is 60.8 Å². The van der Waals surface area contributed by atoms with E-state index in [2.05, 4.69) is 10.3 Å². The summed E-state index contributed by atoms with van der Waals surface area (Å²) in [5, 5.41) is 3.20. The summed E-state index contributed by atoms with van der Waals surface area (Å²) >= 11 is 0. The van der Waals surface area contributed by atoms with E-state index < -0.39 is 0 Å². The van der Waals surface area contributed by atoms with Crippen LogP contribution in [0.3, 0.4) is 0 Å². The second kappa shape index (κ2) is 5.79. The summed E-state index contributed by atoms with van der Waals surface area (Å²) in [7, 11) is 0. The molecule has 4 heteroatoms. The second-order valence-corrected chi connectivity index (χ2v) is 4.86. The van der Waals surface area contributed by atoms with Gasteiger partial charge in [0.1, 0.15) is 5.82 Å². The van der Waals surface area contributed by atoms with Crippen LogP contribution in [-0.4, -0.2) is 9.55 Å². The molecule has 2 aromatic carbocycles. The number of anilines is 1. The Hall–Kier alpha value is -2.62. The van der Waals surface area contributed by atoms with Crippen molar-refractivity contribution in [1.29, 1.82) is 0 Å². The third-order valence-corrected chi connectivity index (χ3v) is 3.26. The van der Waals surface area contributed by atoms with Gasteiger partial charge in [0.2, 0.25) is 5.95 Å². The van der Waals surface area contributed by atoms with Gasteiger partial charge < -0.3 is 5.32 Å². The summed E-state index contributed by atoms with van der Waals surface area (Å²) in [5.41, 5.74) is 2.56. The minimum Gasteiger partial charge on any atom is -0.351 e. The van der Waals surface area contributed by atoms with Crippen LogP contribution in [0.25, 0.3) is 5.69 Å². The number of benzene rings is 2. The Morgan fingerprint density at radius 1 is 1.05 bits per heavy atom. The van der Waals surface area contributed by atoms with Crippen LogP contribution in [0, 0.1) is 12.7 Å². The van der Waals surface area contributed by atoms with Gasteiger partial charge in [0, 0.05) is 24.0 Å². The molecule has 1 aromatic heterocycles. The number of hydrogen-bond donors (Lipinski definition) is 1. The van der Waals surface area contributed by atoms with Crippen LogP contribution in [-0.2, 0) is 6.54 Å². The predicted octanol–water partition coefficient (Wildman–Crippen LogP) is 3.93. The third kappa shape index (κ3) is 2.94. The maximum absolute atomic E-state index is 13.7. The van der Waals surface area contributed by atoms with Crippen molar-refractivity contribution in [1.82, 2.24) is 9.55 Å². The zero-order chi connectivity index (χ0) is 14.7. The van der Waals surface area contributed by atoms with E-state index in [1.165, 1.54) is 6.07 Å². The molecule has 0 aliphatic heterocycles. The van der Waals surface area contributed by atoms with Gasteiger partial charge in [-0.2, -0.15) is 0 Å². The lowest BCUT2D eigenvalue weighted by atomic mass is 10.2. The van der Waals surface area contributed by atoms with E-state index in [-0.39, 0.29) is 5.82 Å². The Morgan fingerprint density at radius 2 is 1.76 bits per heavy atom. The molecule has 0 fully saturated rings. The Bertz CT molecular complexity index is 735. The van der Waals surface area contributed by atoms with E-state index in [0.29, 0.717) is 18.1 Å². The summed E-state index contributed by atoms with van der Waals surface area (Å²) in [6.07, 6.45) is 1.96. The van der Waals surface area contributed by atoms with Crippen LogP contribution < -0.4 is 5.32 Å². The molecule has 3 nitrogen and oxygen atoms in total. The predicted molar refractivity (Wildman–Crippen MR) is 82.0 cm³/mol. The fraction of sp³-hybridized carbons (Fsp3) is 0.118. The monoisotopic (exact) mass is 281 g/mol. The van der Waals surface area contributed by atoms with Gasteiger partial charge in [-0.1, -0.05) is 36.4 Å². The number of para-hydroxylation sites is 1. The van der Waals surface area contributed by atoms with Crippen molar-refractivity contribution in [3.63, 3.8) is 0 Å². The van der Waals surface area contributed by atoms with Crippen LogP contribution >= 0.6 is 0 Å². The van der Waals surface area contributed by atoms with Crippen molar-refractivity contribution in [2.75, 3.05) is 5.32 Å². The van der Waals surface area contributed by atoms with Crippen molar-refractivity contribution in [2.45, 2.75) is 13.5 Å². The van der Waals surface area contributed by atoms with Crippen LogP contribution in [0.4, 0.5) is 10.3 Å². The van der Waals surface area contributed by atoms with E-state index in [0.717, 1.165) is 11.4 Å². The molecule has 0 amide bonds. The summed E-state index contributed by atoms with van der Waals surface area (Å²) in [5.74, 6) is 0.501.